The molecule has 1 aromatic rings. The maximum absolute atomic E-state index is 12.7. The van der Waals surface area contributed by atoms with Crippen LogP contribution in [0.5, 0.6) is 0 Å². The van der Waals surface area contributed by atoms with Crippen LogP contribution in [-0.2, 0) is 22.9 Å². The van der Waals surface area contributed by atoms with E-state index in [2.05, 4.69) is 0 Å². The van der Waals surface area contributed by atoms with Crippen molar-refractivity contribution in [2.24, 2.45) is 11.7 Å². The van der Waals surface area contributed by atoms with E-state index in [1.807, 2.05) is 19.1 Å². The molecule has 1 fully saturated rings. The first-order chi connectivity index (χ1) is 9.48. The Morgan fingerprint density at radius 2 is 2.00 bits per heavy atom. The molecule has 118 valence electrons. The molecule has 0 radical (unpaired) electrons. The number of nitrogens with zero attached hydrogens (tertiary/aromatic N) is 1. The molecule has 2 N–H and O–H groups in total. The van der Waals surface area contributed by atoms with E-state index >= 15 is 0 Å². The molecule has 4 nitrogen and oxygen atoms in total. The molecule has 0 spiro atoms. The topological polar surface area (TPSA) is 63.4 Å². The zero-order chi connectivity index (χ0) is 14.3. The second-order valence-corrected chi connectivity index (χ2v) is 7.99. The molecule has 6 heteroatoms. The molecule has 2 unspecified atom stereocenters. The Morgan fingerprint density at radius 3 is 2.67 bits per heavy atom. The van der Waals surface area contributed by atoms with E-state index in [1.54, 1.807) is 10.4 Å². The van der Waals surface area contributed by atoms with Crippen molar-refractivity contribution in [3.8, 4) is 0 Å². The summed E-state index contributed by atoms with van der Waals surface area (Å²) in [7, 11) is -3.35. The number of sulfonamides is 1. The van der Waals surface area contributed by atoms with Crippen LogP contribution in [0, 0.1) is 5.92 Å². The van der Waals surface area contributed by atoms with Crippen LogP contribution in [0.25, 0.3) is 0 Å². The second-order valence-electron chi connectivity index (χ2n) is 6.05. The van der Waals surface area contributed by atoms with Gasteiger partial charge in [-0.1, -0.05) is 6.07 Å². The van der Waals surface area contributed by atoms with Gasteiger partial charge in [0.05, 0.1) is 4.90 Å². The highest BCUT2D eigenvalue weighted by atomic mass is 35.5. The molecule has 0 bridgehead atoms. The summed E-state index contributed by atoms with van der Waals surface area (Å²) in [5, 5.41) is 0. The van der Waals surface area contributed by atoms with E-state index in [1.165, 1.54) is 11.1 Å². The minimum absolute atomic E-state index is 0. The molecule has 1 heterocycles. The molecule has 2 aliphatic rings. The molecule has 1 aliphatic heterocycles. The molecule has 21 heavy (non-hydrogen) atoms. The number of rotatable bonds is 3. The Hall–Kier alpha value is -0.620. The summed E-state index contributed by atoms with van der Waals surface area (Å²) in [5.41, 5.74) is 8.40. The monoisotopic (exact) mass is 330 g/mol. The molecular weight excluding hydrogens is 308 g/mol. The lowest BCUT2D eigenvalue weighted by atomic mass is 10.0. The van der Waals surface area contributed by atoms with Crippen molar-refractivity contribution in [3.63, 3.8) is 0 Å². The normalized spacial score (nSPS) is 23.6. The average molecular weight is 331 g/mol. The lowest BCUT2D eigenvalue weighted by molar-refractivity contribution is 0.429. The summed E-state index contributed by atoms with van der Waals surface area (Å²) in [6.07, 6.45) is 4.07. The number of hydrogen-bond donors (Lipinski definition) is 1. The standard InChI is InChI=1S/C15H22N2O2S.ClH/c1-11(16)14-7-8-17(10-14)20(18,19)15-6-5-12-3-2-4-13(12)9-15;/h5-6,9,11,14H,2-4,7-8,10,16H2,1H3;1H. The zero-order valence-corrected chi connectivity index (χ0v) is 13.9. The summed E-state index contributed by atoms with van der Waals surface area (Å²) < 4.78 is 27.0. The van der Waals surface area contributed by atoms with Crippen molar-refractivity contribution in [2.75, 3.05) is 13.1 Å². The maximum Gasteiger partial charge on any atom is 0.243 e. The van der Waals surface area contributed by atoms with Crippen molar-refractivity contribution < 1.29 is 8.42 Å². The van der Waals surface area contributed by atoms with Crippen molar-refractivity contribution in [2.45, 2.75) is 43.5 Å². The van der Waals surface area contributed by atoms with Gasteiger partial charge >= 0.3 is 0 Å². The van der Waals surface area contributed by atoms with Gasteiger partial charge in [0, 0.05) is 19.1 Å². The second kappa shape index (κ2) is 6.24. The Labute approximate surface area is 133 Å². The van der Waals surface area contributed by atoms with E-state index in [0.29, 0.717) is 18.0 Å². The van der Waals surface area contributed by atoms with Gasteiger partial charge < -0.3 is 5.73 Å². The van der Waals surface area contributed by atoms with E-state index < -0.39 is 10.0 Å². The van der Waals surface area contributed by atoms with Gasteiger partial charge in [-0.15, -0.1) is 12.4 Å². The molecule has 0 amide bonds. The minimum atomic E-state index is -3.35. The summed E-state index contributed by atoms with van der Waals surface area (Å²) >= 11 is 0. The van der Waals surface area contributed by atoms with Gasteiger partial charge in [0.2, 0.25) is 10.0 Å². The van der Waals surface area contributed by atoms with Crippen LogP contribution in [0.15, 0.2) is 23.1 Å². The van der Waals surface area contributed by atoms with Crippen LogP contribution in [0.4, 0.5) is 0 Å². The maximum atomic E-state index is 12.7. The van der Waals surface area contributed by atoms with Gasteiger partial charge in [0.1, 0.15) is 0 Å². The molecular formula is C15H23ClN2O2S. The van der Waals surface area contributed by atoms with E-state index in [0.717, 1.165) is 25.7 Å². The smallest absolute Gasteiger partial charge is 0.243 e. The summed E-state index contributed by atoms with van der Waals surface area (Å²) in [5.74, 6) is 0.277. The Morgan fingerprint density at radius 1 is 1.29 bits per heavy atom. The number of benzene rings is 1. The minimum Gasteiger partial charge on any atom is -0.328 e. The molecule has 2 atom stereocenters. The molecule has 0 saturated carbocycles. The fourth-order valence-electron chi connectivity index (χ4n) is 3.26. The van der Waals surface area contributed by atoms with Crippen LogP contribution in [0.2, 0.25) is 0 Å². The Kier molecular flexibility index (Phi) is 4.98. The molecule has 1 aromatic carbocycles. The van der Waals surface area contributed by atoms with E-state index in [9.17, 15) is 8.42 Å². The van der Waals surface area contributed by atoms with Crippen LogP contribution >= 0.6 is 12.4 Å². The van der Waals surface area contributed by atoms with Crippen molar-refractivity contribution in [1.29, 1.82) is 0 Å². The van der Waals surface area contributed by atoms with Gasteiger partial charge in [-0.05, 0) is 61.8 Å². The van der Waals surface area contributed by atoms with Crippen LogP contribution in [0.3, 0.4) is 0 Å². The first-order valence-corrected chi connectivity index (χ1v) is 8.80. The highest BCUT2D eigenvalue weighted by Crippen LogP contribution is 2.29. The first-order valence-electron chi connectivity index (χ1n) is 7.36. The van der Waals surface area contributed by atoms with Crippen molar-refractivity contribution in [3.05, 3.63) is 29.3 Å². The highest BCUT2D eigenvalue weighted by molar-refractivity contribution is 7.89. The number of aryl methyl sites for hydroxylation is 2. The van der Waals surface area contributed by atoms with Crippen LogP contribution in [0.1, 0.15) is 30.9 Å². The lowest BCUT2D eigenvalue weighted by Gasteiger charge is -2.18. The molecule has 0 aromatic heterocycles. The number of fused-ring (bicyclic) bond motifs is 1. The third-order valence-electron chi connectivity index (χ3n) is 4.64. The van der Waals surface area contributed by atoms with Gasteiger partial charge in [0.15, 0.2) is 0 Å². The summed E-state index contributed by atoms with van der Waals surface area (Å²) in [6.45, 7) is 3.10. The molecule has 1 aliphatic carbocycles. The Bertz CT molecular complexity index is 616. The molecule has 3 rings (SSSR count). The summed E-state index contributed by atoms with van der Waals surface area (Å²) in [4.78, 5) is 0.448. The van der Waals surface area contributed by atoms with Crippen LogP contribution in [-0.4, -0.2) is 31.9 Å². The quantitative estimate of drug-likeness (QED) is 0.921. The zero-order valence-electron chi connectivity index (χ0n) is 12.3. The van der Waals surface area contributed by atoms with Gasteiger partial charge in [-0.2, -0.15) is 4.31 Å². The Balaban J connectivity index is 0.00000161. The largest absolute Gasteiger partial charge is 0.328 e. The predicted molar refractivity (Wildman–Crippen MR) is 86.2 cm³/mol. The first kappa shape index (κ1) is 16.7. The summed E-state index contributed by atoms with van der Waals surface area (Å²) in [6, 6.07) is 5.67. The third kappa shape index (κ3) is 3.11. The SMILES string of the molecule is CC(N)C1CCN(S(=O)(=O)c2ccc3c(c2)CCC3)C1.Cl. The average Bonchev–Trinajstić information content (AvgIpc) is 3.07. The lowest BCUT2D eigenvalue weighted by Crippen LogP contribution is -2.33. The van der Waals surface area contributed by atoms with Gasteiger partial charge in [0.25, 0.3) is 0 Å². The van der Waals surface area contributed by atoms with E-state index in [-0.39, 0.29) is 24.4 Å². The fourth-order valence-corrected chi connectivity index (χ4v) is 4.82. The van der Waals surface area contributed by atoms with Crippen LogP contribution < -0.4 is 5.73 Å². The van der Waals surface area contributed by atoms with Gasteiger partial charge in [-0.25, -0.2) is 8.42 Å². The number of hydrogen-bond acceptors (Lipinski definition) is 3. The predicted octanol–water partition coefficient (Wildman–Crippen LogP) is 1.95. The molecule has 1 saturated heterocycles. The number of halogens is 1. The highest BCUT2D eigenvalue weighted by Gasteiger charge is 2.34. The van der Waals surface area contributed by atoms with Crippen molar-refractivity contribution >= 4 is 22.4 Å². The van der Waals surface area contributed by atoms with Crippen molar-refractivity contribution in [1.82, 2.24) is 4.31 Å². The van der Waals surface area contributed by atoms with Gasteiger partial charge in [-0.3, -0.25) is 0 Å². The third-order valence-corrected chi connectivity index (χ3v) is 6.50. The number of nitrogens with two attached hydrogens (primary N) is 1. The van der Waals surface area contributed by atoms with E-state index in [4.69, 9.17) is 5.73 Å². The fraction of sp³-hybridized carbons (Fsp3) is 0.600.